The first-order chi connectivity index (χ1) is 9.52. The third-order valence-corrected chi connectivity index (χ3v) is 2.75. The monoisotopic (exact) mass is 283 g/mol. The van der Waals surface area contributed by atoms with Gasteiger partial charge in [-0.3, -0.25) is 14.5 Å². The number of amides is 2. The van der Waals surface area contributed by atoms with Crippen molar-refractivity contribution in [3.8, 4) is 0 Å². The molecule has 0 aliphatic rings. The fourth-order valence-electron chi connectivity index (χ4n) is 1.69. The minimum Gasteiger partial charge on any atom is -0.467 e. The van der Waals surface area contributed by atoms with Crippen LogP contribution < -0.4 is 5.73 Å². The van der Waals surface area contributed by atoms with Gasteiger partial charge in [0.1, 0.15) is 5.76 Å². The van der Waals surface area contributed by atoms with Gasteiger partial charge in [-0.05, 0) is 12.1 Å². The Balaban J connectivity index is 2.48. The molecule has 7 nitrogen and oxygen atoms in total. The molecule has 7 heteroatoms. The molecule has 1 heterocycles. The molecule has 0 radical (unpaired) electrons. The Kier molecular flexibility index (Phi) is 6.75. The summed E-state index contributed by atoms with van der Waals surface area (Å²) in [5, 5.41) is 0. The first-order valence-corrected chi connectivity index (χ1v) is 6.29. The Morgan fingerprint density at radius 1 is 1.40 bits per heavy atom. The van der Waals surface area contributed by atoms with E-state index in [1.165, 1.54) is 0 Å². The highest BCUT2D eigenvalue weighted by Crippen LogP contribution is 2.04. The van der Waals surface area contributed by atoms with Crippen LogP contribution in [0.5, 0.6) is 0 Å². The van der Waals surface area contributed by atoms with E-state index < -0.39 is 5.91 Å². The molecule has 0 unspecified atom stereocenters. The largest absolute Gasteiger partial charge is 0.467 e. The van der Waals surface area contributed by atoms with E-state index in [1.807, 2.05) is 0 Å². The predicted octanol–water partition coefficient (Wildman–Crippen LogP) is -0.328. The Morgan fingerprint density at radius 3 is 2.70 bits per heavy atom. The lowest BCUT2D eigenvalue weighted by molar-refractivity contribution is -0.132. The zero-order valence-electron chi connectivity index (χ0n) is 11.9. The molecule has 1 aromatic rings. The standard InChI is InChI=1S/C13H21N3O4/c1-15(8-11-4-3-6-20-11)13(18)10-16(5-7-19-2)9-12(14)17/h3-4,6H,5,7-10H2,1-2H3,(H2,14,17). The van der Waals surface area contributed by atoms with Crippen molar-refractivity contribution >= 4 is 11.8 Å². The second-order valence-corrected chi connectivity index (χ2v) is 4.50. The Hall–Kier alpha value is -1.86. The van der Waals surface area contributed by atoms with Gasteiger partial charge in [-0.15, -0.1) is 0 Å². The van der Waals surface area contributed by atoms with Crippen LogP contribution in [-0.4, -0.2) is 62.0 Å². The Labute approximate surface area is 118 Å². The maximum absolute atomic E-state index is 12.1. The van der Waals surface area contributed by atoms with Crippen molar-refractivity contribution in [2.45, 2.75) is 6.54 Å². The highest BCUT2D eigenvalue weighted by molar-refractivity contribution is 5.80. The summed E-state index contributed by atoms with van der Waals surface area (Å²) in [6.07, 6.45) is 1.56. The van der Waals surface area contributed by atoms with Crippen LogP contribution in [0.3, 0.4) is 0 Å². The quantitative estimate of drug-likeness (QED) is 0.670. The van der Waals surface area contributed by atoms with Crippen molar-refractivity contribution < 1.29 is 18.7 Å². The maximum Gasteiger partial charge on any atom is 0.236 e. The highest BCUT2D eigenvalue weighted by Gasteiger charge is 2.16. The van der Waals surface area contributed by atoms with Crippen LogP contribution >= 0.6 is 0 Å². The summed E-state index contributed by atoms with van der Waals surface area (Å²) in [4.78, 5) is 26.3. The number of hydrogen-bond donors (Lipinski definition) is 1. The lowest BCUT2D eigenvalue weighted by Gasteiger charge is -2.23. The summed E-state index contributed by atoms with van der Waals surface area (Å²) >= 11 is 0. The van der Waals surface area contributed by atoms with Crippen molar-refractivity contribution in [3.05, 3.63) is 24.2 Å². The molecule has 2 amide bonds. The molecule has 112 valence electrons. The van der Waals surface area contributed by atoms with Gasteiger partial charge in [0.2, 0.25) is 11.8 Å². The summed E-state index contributed by atoms with van der Waals surface area (Å²) in [5.41, 5.74) is 5.17. The average Bonchev–Trinajstić information content (AvgIpc) is 2.87. The number of methoxy groups -OCH3 is 1. The second-order valence-electron chi connectivity index (χ2n) is 4.50. The van der Waals surface area contributed by atoms with Crippen molar-refractivity contribution in [2.75, 3.05) is 40.4 Å². The summed E-state index contributed by atoms with van der Waals surface area (Å²) in [6, 6.07) is 3.57. The van der Waals surface area contributed by atoms with Gasteiger partial charge in [-0.1, -0.05) is 0 Å². The van der Waals surface area contributed by atoms with E-state index in [4.69, 9.17) is 14.9 Å². The minimum atomic E-state index is -0.470. The molecule has 0 spiro atoms. The molecular formula is C13H21N3O4. The van der Waals surface area contributed by atoms with Crippen molar-refractivity contribution in [3.63, 3.8) is 0 Å². The van der Waals surface area contributed by atoms with E-state index >= 15 is 0 Å². The van der Waals surface area contributed by atoms with Gasteiger partial charge >= 0.3 is 0 Å². The van der Waals surface area contributed by atoms with Crippen LogP contribution in [0.1, 0.15) is 5.76 Å². The normalized spacial score (nSPS) is 10.8. The molecule has 1 rings (SSSR count). The van der Waals surface area contributed by atoms with Crippen molar-refractivity contribution in [1.82, 2.24) is 9.80 Å². The van der Waals surface area contributed by atoms with Gasteiger partial charge in [0.15, 0.2) is 0 Å². The van der Waals surface area contributed by atoms with Crippen LogP contribution in [0.15, 0.2) is 22.8 Å². The third-order valence-electron chi connectivity index (χ3n) is 2.75. The smallest absolute Gasteiger partial charge is 0.236 e. The number of nitrogens with two attached hydrogens (primary N) is 1. The van der Waals surface area contributed by atoms with E-state index in [1.54, 1.807) is 42.4 Å². The number of rotatable bonds is 9. The van der Waals surface area contributed by atoms with Crippen LogP contribution in [0.2, 0.25) is 0 Å². The van der Waals surface area contributed by atoms with E-state index in [2.05, 4.69) is 0 Å². The molecule has 0 aliphatic heterocycles. The van der Waals surface area contributed by atoms with Gasteiger partial charge in [-0.25, -0.2) is 0 Å². The van der Waals surface area contributed by atoms with Crippen LogP contribution in [-0.2, 0) is 20.9 Å². The van der Waals surface area contributed by atoms with E-state index in [9.17, 15) is 9.59 Å². The molecule has 1 aromatic heterocycles. The van der Waals surface area contributed by atoms with E-state index in [0.717, 1.165) is 0 Å². The molecule has 0 aliphatic carbocycles. The average molecular weight is 283 g/mol. The summed E-state index contributed by atoms with van der Waals surface area (Å²) in [5.74, 6) is 0.125. The SMILES string of the molecule is COCCN(CC(N)=O)CC(=O)N(C)Cc1ccco1. The first kappa shape index (κ1) is 16.2. The number of hydrogen-bond acceptors (Lipinski definition) is 5. The molecule has 0 fully saturated rings. The number of nitrogens with zero attached hydrogens (tertiary/aromatic N) is 2. The fourth-order valence-corrected chi connectivity index (χ4v) is 1.69. The highest BCUT2D eigenvalue weighted by atomic mass is 16.5. The van der Waals surface area contributed by atoms with E-state index in [-0.39, 0.29) is 19.0 Å². The van der Waals surface area contributed by atoms with Gasteiger partial charge in [-0.2, -0.15) is 0 Å². The topological polar surface area (TPSA) is 89.0 Å². The van der Waals surface area contributed by atoms with Crippen molar-refractivity contribution in [2.24, 2.45) is 5.73 Å². The zero-order valence-corrected chi connectivity index (χ0v) is 11.9. The zero-order chi connectivity index (χ0) is 15.0. The van der Waals surface area contributed by atoms with Gasteiger partial charge in [0.25, 0.3) is 0 Å². The Morgan fingerprint density at radius 2 is 2.15 bits per heavy atom. The van der Waals surface area contributed by atoms with E-state index in [0.29, 0.717) is 25.5 Å². The number of likely N-dealkylation sites (N-methyl/N-ethyl adjacent to an activating group) is 1. The van der Waals surface area contributed by atoms with Crippen LogP contribution in [0, 0.1) is 0 Å². The molecule has 0 saturated carbocycles. The lowest BCUT2D eigenvalue weighted by Crippen LogP contribution is -2.43. The van der Waals surface area contributed by atoms with Gasteiger partial charge in [0, 0.05) is 20.7 Å². The second kappa shape index (κ2) is 8.34. The molecular weight excluding hydrogens is 262 g/mol. The molecule has 0 saturated heterocycles. The molecule has 0 bridgehead atoms. The minimum absolute atomic E-state index is 0.0314. The summed E-state index contributed by atoms with van der Waals surface area (Å²) in [7, 11) is 3.25. The number of carbonyl (C=O) groups excluding carboxylic acids is 2. The summed E-state index contributed by atoms with van der Waals surface area (Å²) in [6.45, 7) is 1.44. The fraction of sp³-hybridized carbons (Fsp3) is 0.538. The van der Waals surface area contributed by atoms with Crippen molar-refractivity contribution in [1.29, 1.82) is 0 Å². The molecule has 2 N–H and O–H groups in total. The number of ether oxygens (including phenoxy) is 1. The number of carbonyl (C=O) groups is 2. The Bertz CT molecular complexity index is 419. The maximum atomic E-state index is 12.1. The first-order valence-electron chi connectivity index (χ1n) is 6.29. The molecule has 0 aromatic carbocycles. The lowest BCUT2D eigenvalue weighted by atomic mass is 10.3. The van der Waals surface area contributed by atoms with Crippen LogP contribution in [0.4, 0.5) is 0 Å². The number of furan rings is 1. The molecule has 0 atom stereocenters. The third kappa shape index (κ3) is 5.85. The van der Waals surface area contributed by atoms with Gasteiger partial charge in [0.05, 0.1) is 32.5 Å². The number of primary amides is 1. The predicted molar refractivity (Wildman–Crippen MR) is 72.7 cm³/mol. The van der Waals surface area contributed by atoms with Gasteiger partial charge < -0.3 is 19.8 Å². The summed E-state index contributed by atoms with van der Waals surface area (Å²) < 4.78 is 10.1. The van der Waals surface area contributed by atoms with Crippen LogP contribution in [0.25, 0.3) is 0 Å². The molecule has 20 heavy (non-hydrogen) atoms.